The molecule has 1 aromatic carbocycles. The number of hydrazine groups is 1. The minimum absolute atomic E-state index is 0. The number of hydrogen-bond acceptors (Lipinski definition) is 6. The number of methoxy groups -OCH3 is 1. The van der Waals surface area contributed by atoms with Crippen LogP contribution in [-0.2, 0) is 17.1 Å². The van der Waals surface area contributed by atoms with Gasteiger partial charge in [0.2, 0.25) is 0 Å². The molecule has 0 amide bonds. The molecule has 0 bridgehead atoms. The van der Waals surface area contributed by atoms with E-state index in [1.165, 1.54) is 6.33 Å². The molecule has 2 heterocycles. The maximum atomic E-state index is 5.20. The molecule has 0 unspecified atom stereocenters. The summed E-state index contributed by atoms with van der Waals surface area (Å²) in [7, 11) is 1.65. The zero-order valence-corrected chi connectivity index (χ0v) is 18.2. The fourth-order valence-corrected chi connectivity index (χ4v) is 3.12. The van der Waals surface area contributed by atoms with E-state index in [1.54, 1.807) is 18.0 Å². The standard InChI is InChI=1S/C18H18N6O.C5H6.Fe/c1-25-15-8-6-14(7-9-15)24-18-16(11-22-24)17(19-12-20-18)23-21-10-13-4-2-3-5-13;1-2-4-5-3-1;/h2-9,11-13,21H,10H2,1H3,(H,19,20,23);1-4H,5H2;/q;;+2. The summed E-state index contributed by atoms with van der Waals surface area (Å²) >= 11 is 0. The van der Waals surface area contributed by atoms with Gasteiger partial charge in [0.05, 0.1) is 24.4 Å². The molecule has 7 nitrogen and oxygen atoms in total. The summed E-state index contributed by atoms with van der Waals surface area (Å²) in [5.41, 5.74) is 8.01. The van der Waals surface area contributed by atoms with Gasteiger partial charge in [-0.1, -0.05) is 48.6 Å². The summed E-state index contributed by atoms with van der Waals surface area (Å²) in [6, 6.07) is 7.68. The Morgan fingerprint density at radius 1 is 1.03 bits per heavy atom. The normalized spacial score (nSPS) is 13.8. The van der Waals surface area contributed by atoms with Gasteiger partial charge in [0, 0.05) is 12.5 Å². The Labute approximate surface area is 192 Å². The van der Waals surface area contributed by atoms with E-state index in [2.05, 4.69) is 62.4 Å². The summed E-state index contributed by atoms with van der Waals surface area (Å²) in [5, 5.41) is 5.30. The Hall–Kier alpha value is -3.19. The average molecular weight is 456 g/mol. The molecule has 0 saturated heterocycles. The number of rotatable bonds is 6. The van der Waals surface area contributed by atoms with Crippen molar-refractivity contribution in [2.75, 3.05) is 19.1 Å². The van der Waals surface area contributed by atoms with Crippen molar-refractivity contribution in [3.8, 4) is 11.4 Å². The van der Waals surface area contributed by atoms with Gasteiger partial charge in [-0.05, 0) is 30.7 Å². The van der Waals surface area contributed by atoms with Crippen molar-refractivity contribution in [1.82, 2.24) is 25.2 Å². The van der Waals surface area contributed by atoms with Gasteiger partial charge < -0.3 is 10.2 Å². The van der Waals surface area contributed by atoms with Crippen molar-refractivity contribution in [1.29, 1.82) is 0 Å². The predicted molar refractivity (Wildman–Crippen MR) is 120 cm³/mol. The van der Waals surface area contributed by atoms with E-state index in [1.807, 2.05) is 36.4 Å². The number of hydrogen-bond donors (Lipinski definition) is 2. The Morgan fingerprint density at radius 2 is 1.77 bits per heavy atom. The third kappa shape index (κ3) is 5.70. The maximum Gasteiger partial charge on any atom is 2.00 e. The van der Waals surface area contributed by atoms with Crippen LogP contribution in [0.2, 0.25) is 0 Å². The van der Waals surface area contributed by atoms with Crippen molar-refractivity contribution in [2.24, 2.45) is 5.92 Å². The van der Waals surface area contributed by atoms with Crippen LogP contribution in [0, 0.1) is 5.92 Å². The Bertz CT molecular complexity index is 1080. The third-order valence-electron chi connectivity index (χ3n) is 4.71. The van der Waals surface area contributed by atoms with Gasteiger partial charge in [-0.15, -0.1) is 0 Å². The van der Waals surface area contributed by atoms with Crippen molar-refractivity contribution >= 4 is 16.9 Å². The largest absolute Gasteiger partial charge is 2.00 e. The molecule has 2 N–H and O–H groups in total. The van der Waals surface area contributed by atoms with Gasteiger partial charge in [0.15, 0.2) is 11.5 Å². The SMILES string of the molecule is C1=CCC=C1.COc1ccc(-n2ncc3c(NNCC4C=CC=C4)ncnc32)cc1.[Fe+2]. The summed E-state index contributed by atoms with van der Waals surface area (Å²) in [4.78, 5) is 8.69. The molecule has 2 aliphatic carbocycles. The molecule has 2 aliphatic rings. The van der Waals surface area contributed by atoms with Crippen LogP contribution in [0.5, 0.6) is 5.75 Å². The number of anilines is 1. The zero-order chi connectivity index (χ0) is 20.6. The quantitative estimate of drug-likeness (QED) is 0.432. The average Bonchev–Trinajstić information content (AvgIpc) is 3.57. The van der Waals surface area contributed by atoms with E-state index in [-0.39, 0.29) is 17.1 Å². The number of benzene rings is 1. The van der Waals surface area contributed by atoms with E-state index in [4.69, 9.17) is 4.74 Å². The number of ether oxygens (including phenoxy) is 1. The smallest absolute Gasteiger partial charge is 0.497 e. The van der Waals surface area contributed by atoms with Crippen LogP contribution < -0.4 is 15.6 Å². The second-order valence-corrected chi connectivity index (χ2v) is 6.75. The molecule has 0 fully saturated rings. The van der Waals surface area contributed by atoms with Crippen LogP contribution in [0.15, 0.2) is 85.4 Å². The molecule has 8 heteroatoms. The van der Waals surface area contributed by atoms with Crippen LogP contribution >= 0.6 is 0 Å². The first kappa shape index (κ1) is 22.5. The molecule has 0 spiro atoms. The Balaban J connectivity index is 0.000000401. The van der Waals surface area contributed by atoms with Gasteiger partial charge in [-0.3, -0.25) is 0 Å². The van der Waals surface area contributed by atoms with E-state index in [0.717, 1.165) is 35.4 Å². The molecule has 158 valence electrons. The van der Waals surface area contributed by atoms with Crippen molar-refractivity contribution in [3.63, 3.8) is 0 Å². The fraction of sp³-hybridized carbons (Fsp3) is 0.174. The summed E-state index contributed by atoms with van der Waals surface area (Å²) in [5.74, 6) is 1.90. The minimum atomic E-state index is 0. The molecule has 0 radical (unpaired) electrons. The van der Waals surface area contributed by atoms with Gasteiger partial charge >= 0.3 is 17.1 Å². The summed E-state index contributed by atoms with van der Waals surface area (Å²) in [6.45, 7) is 0.783. The first-order valence-corrected chi connectivity index (χ1v) is 9.84. The first-order chi connectivity index (χ1) is 14.8. The van der Waals surface area contributed by atoms with Crippen LogP contribution in [0.25, 0.3) is 16.7 Å². The van der Waals surface area contributed by atoms with E-state index in [0.29, 0.717) is 11.7 Å². The second-order valence-electron chi connectivity index (χ2n) is 6.75. The topological polar surface area (TPSA) is 76.9 Å². The number of nitrogens with zero attached hydrogens (tertiary/aromatic N) is 4. The number of nitrogens with one attached hydrogen (secondary N) is 2. The molecule has 0 aliphatic heterocycles. The molecule has 31 heavy (non-hydrogen) atoms. The number of allylic oxidation sites excluding steroid dienone is 6. The second kappa shape index (κ2) is 11.3. The van der Waals surface area contributed by atoms with Gasteiger partial charge in [-0.2, -0.15) is 5.10 Å². The van der Waals surface area contributed by atoms with Crippen LogP contribution in [0.4, 0.5) is 5.82 Å². The van der Waals surface area contributed by atoms with Crippen LogP contribution in [0.3, 0.4) is 0 Å². The molecule has 0 atom stereocenters. The molecular formula is C23H24FeN6O+2. The Morgan fingerprint density at radius 3 is 2.42 bits per heavy atom. The molecule has 3 aromatic rings. The van der Waals surface area contributed by atoms with Crippen molar-refractivity contribution in [2.45, 2.75) is 6.42 Å². The van der Waals surface area contributed by atoms with Gasteiger partial charge in [0.1, 0.15) is 12.1 Å². The van der Waals surface area contributed by atoms with Gasteiger partial charge in [-0.25, -0.2) is 20.1 Å². The summed E-state index contributed by atoms with van der Waals surface area (Å²) < 4.78 is 6.98. The molecule has 5 rings (SSSR count). The maximum absolute atomic E-state index is 5.20. The Kier molecular flexibility index (Phi) is 8.18. The molecular weight excluding hydrogens is 432 g/mol. The zero-order valence-electron chi connectivity index (χ0n) is 17.1. The van der Waals surface area contributed by atoms with Gasteiger partial charge in [0.25, 0.3) is 0 Å². The first-order valence-electron chi connectivity index (χ1n) is 9.84. The van der Waals surface area contributed by atoms with E-state index in [9.17, 15) is 0 Å². The monoisotopic (exact) mass is 456 g/mol. The number of aromatic nitrogens is 4. The van der Waals surface area contributed by atoms with E-state index >= 15 is 0 Å². The van der Waals surface area contributed by atoms with Crippen LogP contribution in [0.1, 0.15) is 6.42 Å². The summed E-state index contributed by atoms with van der Waals surface area (Å²) in [6.07, 6.45) is 21.2. The van der Waals surface area contributed by atoms with Crippen molar-refractivity contribution in [3.05, 3.63) is 85.4 Å². The van der Waals surface area contributed by atoms with E-state index < -0.39 is 0 Å². The fourth-order valence-electron chi connectivity index (χ4n) is 3.12. The molecule has 2 aromatic heterocycles. The third-order valence-corrected chi connectivity index (χ3v) is 4.71. The molecule has 0 saturated carbocycles. The van der Waals surface area contributed by atoms with Crippen LogP contribution in [-0.4, -0.2) is 33.4 Å². The predicted octanol–water partition coefficient (Wildman–Crippen LogP) is 3.98. The van der Waals surface area contributed by atoms with Crippen molar-refractivity contribution < 1.29 is 21.8 Å². The number of fused-ring (bicyclic) bond motifs is 1. The minimum Gasteiger partial charge on any atom is -0.497 e.